The third-order valence-electron chi connectivity index (χ3n) is 4.91. The number of carboxylic acid groups (broad SMARTS) is 2. The van der Waals surface area contributed by atoms with Gasteiger partial charge in [-0.1, -0.05) is 31.4 Å². The number of urea groups is 1. The van der Waals surface area contributed by atoms with Gasteiger partial charge in [-0.25, -0.2) is 14.4 Å². The van der Waals surface area contributed by atoms with E-state index in [-0.39, 0.29) is 16.8 Å². The van der Waals surface area contributed by atoms with Crippen LogP contribution in [0.2, 0.25) is 0 Å². The molecule has 1 aliphatic rings. The average Bonchev–Trinajstić information content (AvgIpc) is 2.68. The number of amides is 2. The zero-order valence-electron chi connectivity index (χ0n) is 15.3. The van der Waals surface area contributed by atoms with Crippen molar-refractivity contribution in [1.29, 1.82) is 0 Å². The highest BCUT2D eigenvalue weighted by Crippen LogP contribution is 2.33. The Bertz CT molecular complexity index is 871. The molecule has 2 aromatic carbocycles. The van der Waals surface area contributed by atoms with Crippen LogP contribution in [0.25, 0.3) is 0 Å². The molecular weight excluding hydrogens is 360 g/mol. The molecule has 4 N–H and O–H groups in total. The number of anilines is 2. The van der Waals surface area contributed by atoms with Gasteiger partial charge in [0, 0.05) is 11.4 Å². The molecule has 0 radical (unpaired) electrons. The highest BCUT2D eigenvalue weighted by Gasteiger charge is 2.16. The molecule has 28 heavy (non-hydrogen) atoms. The zero-order chi connectivity index (χ0) is 20.1. The van der Waals surface area contributed by atoms with Gasteiger partial charge >= 0.3 is 18.0 Å². The zero-order valence-corrected chi connectivity index (χ0v) is 15.3. The van der Waals surface area contributed by atoms with E-state index in [9.17, 15) is 14.4 Å². The Hall–Kier alpha value is -3.35. The van der Waals surface area contributed by atoms with Gasteiger partial charge in [-0.3, -0.25) is 0 Å². The number of aromatic carboxylic acids is 2. The van der Waals surface area contributed by atoms with Crippen LogP contribution >= 0.6 is 0 Å². The first kappa shape index (κ1) is 19.4. The van der Waals surface area contributed by atoms with Gasteiger partial charge in [0.15, 0.2) is 0 Å². The van der Waals surface area contributed by atoms with Gasteiger partial charge < -0.3 is 20.8 Å². The fourth-order valence-corrected chi connectivity index (χ4v) is 3.55. The smallest absolute Gasteiger partial charge is 0.335 e. The molecule has 1 fully saturated rings. The van der Waals surface area contributed by atoms with E-state index in [0.29, 0.717) is 11.6 Å². The quantitative estimate of drug-likeness (QED) is 0.594. The van der Waals surface area contributed by atoms with E-state index in [0.717, 1.165) is 18.9 Å². The lowest BCUT2D eigenvalue weighted by molar-refractivity contribution is 0.0696. The molecule has 1 saturated carbocycles. The summed E-state index contributed by atoms with van der Waals surface area (Å²) >= 11 is 0. The summed E-state index contributed by atoms with van der Waals surface area (Å²) in [5.74, 6) is -2.04. The third-order valence-corrected chi connectivity index (χ3v) is 4.91. The summed E-state index contributed by atoms with van der Waals surface area (Å²) in [6, 6.07) is 10.6. The Morgan fingerprint density at radius 3 is 2.00 bits per heavy atom. The van der Waals surface area contributed by atoms with Gasteiger partial charge in [0.25, 0.3) is 0 Å². The Morgan fingerprint density at radius 2 is 1.39 bits per heavy atom. The Kier molecular flexibility index (Phi) is 5.93. The van der Waals surface area contributed by atoms with Crippen LogP contribution in [-0.2, 0) is 0 Å². The van der Waals surface area contributed by atoms with Crippen molar-refractivity contribution < 1.29 is 24.6 Å². The topological polar surface area (TPSA) is 116 Å². The monoisotopic (exact) mass is 382 g/mol. The average molecular weight is 382 g/mol. The van der Waals surface area contributed by atoms with Gasteiger partial charge in [0.2, 0.25) is 0 Å². The minimum absolute atomic E-state index is 0.0956. The first-order valence-corrected chi connectivity index (χ1v) is 9.22. The molecule has 0 aliphatic heterocycles. The van der Waals surface area contributed by atoms with E-state index in [1.54, 1.807) is 6.07 Å². The standard InChI is InChI=1S/C21H22N2O5/c24-19(25)15-9-16(20(26)27)12-18(11-15)23-21(28)22-17-8-4-7-14(10-17)13-5-2-1-3-6-13/h4,7-13H,1-3,5-6H2,(H,24,25)(H,26,27)(H2,22,23,28). The second kappa shape index (κ2) is 8.56. The largest absolute Gasteiger partial charge is 0.478 e. The molecule has 0 heterocycles. The van der Waals surface area contributed by atoms with Crippen LogP contribution < -0.4 is 10.6 Å². The van der Waals surface area contributed by atoms with Gasteiger partial charge in [0.05, 0.1) is 11.1 Å². The molecule has 2 amide bonds. The molecule has 0 aromatic heterocycles. The maximum absolute atomic E-state index is 12.3. The van der Waals surface area contributed by atoms with Gasteiger partial charge in [-0.2, -0.15) is 0 Å². The predicted molar refractivity (Wildman–Crippen MR) is 105 cm³/mol. The lowest BCUT2D eigenvalue weighted by atomic mass is 9.84. The van der Waals surface area contributed by atoms with Gasteiger partial charge in [0.1, 0.15) is 0 Å². The number of carboxylic acids is 2. The number of benzene rings is 2. The van der Waals surface area contributed by atoms with E-state index < -0.39 is 18.0 Å². The summed E-state index contributed by atoms with van der Waals surface area (Å²) < 4.78 is 0. The number of rotatable bonds is 5. The molecular formula is C21H22N2O5. The number of nitrogens with one attached hydrogen (secondary N) is 2. The van der Waals surface area contributed by atoms with Gasteiger partial charge in [-0.15, -0.1) is 0 Å². The van der Waals surface area contributed by atoms with E-state index in [1.807, 2.05) is 12.1 Å². The summed E-state index contributed by atoms with van der Waals surface area (Å²) in [5.41, 5.74) is 1.49. The molecule has 0 spiro atoms. The highest BCUT2D eigenvalue weighted by molar-refractivity contribution is 6.02. The summed E-state index contributed by atoms with van der Waals surface area (Å²) in [6.07, 6.45) is 6.00. The molecule has 3 rings (SSSR count). The third kappa shape index (κ3) is 4.88. The van der Waals surface area contributed by atoms with Crippen molar-refractivity contribution in [2.75, 3.05) is 10.6 Å². The van der Waals surface area contributed by atoms with Crippen molar-refractivity contribution in [3.8, 4) is 0 Å². The first-order valence-electron chi connectivity index (χ1n) is 9.22. The van der Waals surface area contributed by atoms with Crippen molar-refractivity contribution in [2.45, 2.75) is 38.0 Å². The second-order valence-corrected chi connectivity index (χ2v) is 6.95. The maximum atomic E-state index is 12.3. The normalized spacial score (nSPS) is 14.3. The van der Waals surface area contributed by atoms with Crippen molar-refractivity contribution in [3.05, 3.63) is 59.2 Å². The number of hydrogen-bond donors (Lipinski definition) is 4. The summed E-state index contributed by atoms with van der Waals surface area (Å²) in [7, 11) is 0. The summed E-state index contributed by atoms with van der Waals surface area (Å²) in [5, 5.41) is 23.5. The Morgan fingerprint density at radius 1 is 0.786 bits per heavy atom. The molecule has 0 bridgehead atoms. The molecule has 2 aromatic rings. The Balaban J connectivity index is 1.72. The number of carbonyl (C=O) groups is 3. The number of hydrogen-bond acceptors (Lipinski definition) is 3. The fraction of sp³-hybridized carbons (Fsp3) is 0.286. The van der Waals surface area contributed by atoms with E-state index in [4.69, 9.17) is 10.2 Å². The van der Waals surface area contributed by atoms with Crippen LogP contribution in [0.1, 0.15) is 64.3 Å². The van der Waals surface area contributed by atoms with Crippen LogP contribution in [0.5, 0.6) is 0 Å². The predicted octanol–water partition coefficient (Wildman–Crippen LogP) is 4.77. The lowest BCUT2D eigenvalue weighted by Gasteiger charge is -2.22. The van der Waals surface area contributed by atoms with Crippen LogP contribution in [0, 0.1) is 0 Å². The van der Waals surface area contributed by atoms with Crippen LogP contribution in [0.4, 0.5) is 16.2 Å². The van der Waals surface area contributed by atoms with Crippen molar-refractivity contribution in [3.63, 3.8) is 0 Å². The van der Waals surface area contributed by atoms with E-state index in [2.05, 4.69) is 16.7 Å². The van der Waals surface area contributed by atoms with E-state index in [1.165, 1.54) is 37.0 Å². The minimum atomic E-state index is -1.27. The van der Waals surface area contributed by atoms with Crippen molar-refractivity contribution in [1.82, 2.24) is 0 Å². The molecule has 146 valence electrons. The first-order chi connectivity index (χ1) is 13.4. The lowest BCUT2D eigenvalue weighted by Crippen LogP contribution is -2.20. The Labute approximate surface area is 162 Å². The van der Waals surface area contributed by atoms with Crippen LogP contribution in [0.3, 0.4) is 0 Å². The van der Waals surface area contributed by atoms with Crippen LogP contribution in [0.15, 0.2) is 42.5 Å². The van der Waals surface area contributed by atoms with Gasteiger partial charge in [-0.05, 0) is 54.7 Å². The fourth-order valence-electron chi connectivity index (χ4n) is 3.55. The maximum Gasteiger partial charge on any atom is 0.335 e. The highest BCUT2D eigenvalue weighted by atomic mass is 16.4. The van der Waals surface area contributed by atoms with Crippen LogP contribution in [-0.4, -0.2) is 28.2 Å². The molecule has 7 nitrogen and oxygen atoms in total. The number of carbonyl (C=O) groups excluding carboxylic acids is 1. The molecule has 0 unspecified atom stereocenters. The molecule has 0 saturated heterocycles. The SMILES string of the molecule is O=C(Nc1cc(C(=O)O)cc(C(=O)O)c1)Nc1cccc(C2CCCCC2)c1. The van der Waals surface area contributed by atoms with Crippen molar-refractivity contribution >= 4 is 29.3 Å². The second-order valence-electron chi connectivity index (χ2n) is 6.95. The molecule has 0 atom stereocenters. The van der Waals surface area contributed by atoms with E-state index >= 15 is 0 Å². The van der Waals surface area contributed by atoms with Crippen molar-refractivity contribution in [2.24, 2.45) is 0 Å². The summed E-state index contributed by atoms with van der Waals surface area (Å²) in [6.45, 7) is 0. The molecule has 1 aliphatic carbocycles. The minimum Gasteiger partial charge on any atom is -0.478 e. The molecule has 7 heteroatoms. The summed E-state index contributed by atoms with van der Waals surface area (Å²) in [4.78, 5) is 34.7.